The van der Waals surface area contributed by atoms with Crippen LogP contribution in [0, 0.1) is 10.4 Å². The molecule has 22 heavy (non-hydrogen) atoms. The van der Waals surface area contributed by atoms with Gasteiger partial charge < -0.3 is 0 Å². The average molecular weight is 281 g/mol. The molecule has 1 heterocycles. The molecule has 4 rings (SSSR count). The smallest absolute Gasteiger partial charge is 0.0794 e. The predicted octanol–water partition coefficient (Wildman–Crippen LogP) is 3.71. The van der Waals surface area contributed by atoms with Gasteiger partial charge in [0.2, 0.25) is 0 Å². The van der Waals surface area contributed by atoms with Crippen LogP contribution in [0.15, 0.2) is 78.3 Å². The zero-order chi connectivity index (χ0) is 14.9. The van der Waals surface area contributed by atoms with Crippen molar-refractivity contribution in [2.45, 2.75) is 0 Å². The Hall–Kier alpha value is -2.93. The van der Waals surface area contributed by atoms with Crippen molar-refractivity contribution in [3.63, 3.8) is 0 Å². The monoisotopic (exact) mass is 281 g/mol. The summed E-state index contributed by atoms with van der Waals surface area (Å²) >= 11 is 0. The molecule has 1 nitrogen and oxygen atoms in total. The van der Waals surface area contributed by atoms with E-state index in [-0.39, 0.29) is 0 Å². The number of rotatable bonds is 2. The fraction of sp³-hybridized carbons (Fsp3) is 0. The van der Waals surface area contributed by atoms with Gasteiger partial charge in [0.15, 0.2) is 0 Å². The molecule has 1 aliphatic heterocycles. The zero-order valence-electron chi connectivity index (χ0n) is 12.2. The molecule has 0 fully saturated rings. The van der Waals surface area contributed by atoms with Crippen LogP contribution in [-0.2, 0) is 0 Å². The van der Waals surface area contributed by atoms with Crippen molar-refractivity contribution < 1.29 is 0 Å². The number of hydrogen-bond acceptors (Lipinski definition) is 1. The van der Waals surface area contributed by atoms with Gasteiger partial charge in [0.05, 0.1) is 11.0 Å². The van der Waals surface area contributed by atoms with E-state index in [1.165, 1.54) is 16.0 Å². The van der Waals surface area contributed by atoms with Crippen LogP contribution in [0.25, 0.3) is 12.2 Å². The predicted molar refractivity (Wildman–Crippen MR) is 91.1 cm³/mol. The fourth-order valence-electron chi connectivity index (χ4n) is 2.95. The van der Waals surface area contributed by atoms with Crippen molar-refractivity contribution in [3.05, 3.63) is 105 Å². The summed E-state index contributed by atoms with van der Waals surface area (Å²) in [6, 6.07) is 22.9. The van der Waals surface area contributed by atoms with Gasteiger partial charge in [-0.2, -0.15) is 0 Å². The van der Waals surface area contributed by atoms with Crippen molar-refractivity contribution in [3.8, 4) is 0 Å². The summed E-state index contributed by atoms with van der Waals surface area (Å²) in [7, 11) is 0. The molecule has 0 saturated carbocycles. The first-order chi connectivity index (χ1) is 10.9. The second kappa shape index (κ2) is 5.12. The van der Waals surface area contributed by atoms with E-state index in [1.54, 1.807) is 0 Å². The van der Waals surface area contributed by atoms with Gasteiger partial charge in [-0.1, -0.05) is 73.3 Å². The van der Waals surface area contributed by atoms with Crippen LogP contribution in [-0.4, -0.2) is 0 Å². The lowest BCUT2D eigenvalue weighted by Crippen LogP contribution is -2.05. The zero-order valence-corrected chi connectivity index (χ0v) is 12.2. The van der Waals surface area contributed by atoms with Gasteiger partial charge in [0.1, 0.15) is 0 Å². The highest BCUT2D eigenvalue weighted by atomic mass is 14.7. The fourth-order valence-corrected chi connectivity index (χ4v) is 2.95. The summed E-state index contributed by atoms with van der Waals surface area (Å²) in [4.78, 5) is 4.80. The van der Waals surface area contributed by atoms with Gasteiger partial charge in [0, 0.05) is 16.0 Å². The Bertz CT molecular complexity index is 1080. The summed E-state index contributed by atoms with van der Waals surface area (Å²) in [5, 5.41) is 4.58. The van der Waals surface area contributed by atoms with Crippen LogP contribution >= 0.6 is 0 Å². The van der Waals surface area contributed by atoms with E-state index in [0.29, 0.717) is 0 Å². The number of fused-ring (bicyclic) bond motifs is 2. The van der Waals surface area contributed by atoms with Gasteiger partial charge in [-0.15, -0.1) is 0 Å². The summed E-state index contributed by atoms with van der Waals surface area (Å²) in [5.74, 6) is 0. The minimum atomic E-state index is 1.03. The second-order valence-electron chi connectivity index (χ2n) is 5.35. The van der Waals surface area contributed by atoms with E-state index in [1.807, 2.05) is 30.3 Å². The quantitative estimate of drug-likeness (QED) is 0.531. The highest BCUT2D eigenvalue weighted by molar-refractivity contribution is 5.68. The number of nitrogens with zero attached hydrogens (tertiary/aromatic N) is 1. The first-order valence-corrected chi connectivity index (χ1v) is 7.37. The summed E-state index contributed by atoms with van der Waals surface area (Å²) in [6.45, 7) is 3.99. The second-order valence-corrected chi connectivity index (χ2v) is 5.35. The first-order valence-electron chi connectivity index (χ1n) is 7.37. The van der Waals surface area contributed by atoms with Gasteiger partial charge >= 0.3 is 0 Å². The lowest BCUT2D eigenvalue weighted by atomic mass is 10.0. The third kappa shape index (κ3) is 1.99. The largest absolute Gasteiger partial charge is 0.247 e. The number of para-hydroxylation sites is 1. The van der Waals surface area contributed by atoms with E-state index in [4.69, 9.17) is 4.99 Å². The Kier molecular flexibility index (Phi) is 2.97. The van der Waals surface area contributed by atoms with Crippen molar-refractivity contribution in [2.75, 3.05) is 0 Å². The maximum atomic E-state index is 4.80. The highest BCUT2D eigenvalue weighted by Crippen LogP contribution is 2.21. The molecule has 0 aliphatic carbocycles. The van der Waals surface area contributed by atoms with Crippen molar-refractivity contribution in [1.29, 1.82) is 0 Å². The molecule has 0 radical (unpaired) electrons. The van der Waals surface area contributed by atoms with E-state index < -0.39 is 0 Å². The van der Waals surface area contributed by atoms with E-state index in [9.17, 15) is 0 Å². The summed E-state index contributed by atoms with van der Waals surface area (Å²) in [5.41, 5.74) is 3.31. The Balaban J connectivity index is 2.07. The van der Waals surface area contributed by atoms with Crippen LogP contribution in [0.4, 0.5) is 5.69 Å². The maximum absolute atomic E-state index is 4.80. The Morgan fingerprint density at radius 3 is 2.36 bits per heavy atom. The number of hydrogen-bond donors (Lipinski definition) is 0. The Morgan fingerprint density at radius 1 is 0.773 bits per heavy atom. The van der Waals surface area contributed by atoms with E-state index in [0.717, 1.165) is 21.8 Å². The van der Waals surface area contributed by atoms with Gasteiger partial charge in [0.25, 0.3) is 0 Å². The van der Waals surface area contributed by atoms with Gasteiger partial charge in [-0.05, 0) is 22.9 Å². The molecule has 3 aromatic carbocycles. The van der Waals surface area contributed by atoms with E-state index >= 15 is 0 Å². The molecule has 1 aliphatic rings. The lowest BCUT2D eigenvalue weighted by Gasteiger charge is -2.01. The van der Waals surface area contributed by atoms with E-state index in [2.05, 4.69) is 55.1 Å². The van der Waals surface area contributed by atoms with Gasteiger partial charge in [-0.25, -0.2) is 4.99 Å². The molecule has 0 N–H and O–H groups in total. The van der Waals surface area contributed by atoms with Crippen molar-refractivity contribution >= 4 is 17.8 Å². The van der Waals surface area contributed by atoms with Crippen molar-refractivity contribution in [1.82, 2.24) is 0 Å². The Morgan fingerprint density at radius 2 is 1.55 bits per heavy atom. The summed E-state index contributed by atoms with van der Waals surface area (Å²) < 4.78 is 0. The molecule has 0 atom stereocenters. The van der Waals surface area contributed by atoms with Crippen molar-refractivity contribution in [2.24, 2.45) is 4.99 Å². The normalized spacial score (nSPS) is 12.5. The lowest BCUT2D eigenvalue weighted by molar-refractivity contribution is 1.36. The minimum absolute atomic E-state index is 1.03. The Labute approximate surface area is 128 Å². The van der Waals surface area contributed by atoms with Crippen LogP contribution in [0.5, 0.6) is 0 Å². The standard InChI is InChI=1S/C21H15N/c1-2-17-16(14-15-8-4-3-5-9-15)12-13-19-18-10-6-7-11-20(18)22-21(17)19/h2-14H,1H2. The topological polar surface area (TPSA) is 12.4 Å². The molecule has 0 bridgehead atoms. The maximum Gasteiger partial charge on any atom is 0.0794 e. The molecule has 0 aromatic heterocycles. The molecule has 1 heteroatoms. The molecule has 104 valence electrons. The third-order valence-corrected chi connectivity index (χ3v) is 4.00. The first kappa shape index (κ1) is 12.8. The summed E-state index contributed by atoms with van der Waals surface area (Å²) in [6.07, 6.45) is 4.08. The minimum Gasteiger partial charge on any atom is -0.247 e. The van der Waals surface area contributed by atoms with Crippen LogP contribution in [0.1, 0.15) is 11.1 Å². The van der Waals surface area contributed by atoms with Crippen LogP contribution in [0.3, 0.4) is 0 Å². The molecular weight excluding hydrogens is 266 g/mol. The van der Waals surface area contributed by atoms with Crippen LogP contribution in [0.2, 0.25) is 0 Å². The van der Waals surface area contributed by atoms with Gasteiger partial charge in [-0.3, -0.25) is 0 Å². The molecule has 0 saturated heterocycles. The SMILES string of the molecule is C=Cc1c2c(ccc1=Cc1ccccc1)=c1ccccc1=N2. The third-order valence-electron chi connectivity index (χ3n) is 4.00. The van der Waals surface area contributed by atoms with Crippen LogP contribution < -0.4 is 10.6 Å². The highest BCUT2D eigenvalue weighted by Gasteiger charge is 2.08. The number of benzene rings is 3. The molecule has 3 aromatic rings. The molecular formula is C21H15N. The molecule has 0 spiro atoms. The molecule has 0 unspecified atom stereocenters. The molecule has 0 amide bonds. The average Bonchev–Trinajstić information content (AvgIpc) is 2.94.